The molecule has 12 heteroatoms. The van der Waals surface area contributed by atoms with Gasteiger partial charge in [-0.05, 0) is 0 Å². The predicted octanol–water partition coefficient (Wildman–Crippen LogP) is -0.0328. The first-order chi connectivity index (χ1) is 9.89. The quantitative estimate of drug-likeness (QED) is 0.342. The van der Waals surface area contributed by atoms with E-state index in [0.29, 0.717) is 0 Å². The third-order valence-corrected chi connectivity index (χ3v) is 4.87. The van der Waals surface area contributed by atoms with Crippen LogP contribution in [0.3, 0.4) is 0 Å². The minimum atomic E-state index is -4.69. The van der Waals surface area contributed by atoms with Crippen molar-refractivity contribution in [2.24, 2.45) is 0 Å². The van der Waals surface area contributed by atoms with Crippen LogP contribution in [0.15, 0.2) is 4.42 Å². The van der Waals surface area contributed by atoms with Gasteiger partial charge >= 0.3 is 128 Å². The number of hydrogen-bond donors (Lipinski definition) is 4. The van der Waals surface area contributed by atoms with Crippen molar-refractivity contribution in [3.05, 3.63) is 5.76 Å². The first-order valence-corrected chi connectivity index (χ1v) is 13.1. The van der Waals surface area contributed by atoms with Crippen molar-refractivity contribution in [1.29, 1.82) is 0 Å². The van der Waals surface area contributed by atoms with Crippen LogP contribution in [0.25, 0.3) is 0 Å². The Morgan fingerprint density at radius 1 is 1.23 bits per heavy atom. The zero-order valence-corrected chi connectivity index (χ0v) is 14.5. The standard InChI is InChI=1S/C10H17AsO10S/c1-11(2,15)3-7-8(13)9(14)10(21-7)19-4-6(12)5-20-22(16,17)18/h6,12-14H,3-5H2,1-2H3,(H,16,17,18). The Hall–Kier alpha value is -1.13. The van der Waals surface area contributed by atoms with Crippen molar-refractivity contribution in [1.82, 2.24) is 0 Å². The van der Waals surface area contributed by atoms with E-state index in [2.05, 4.69) is 4.18 Å². The van der Waals surface area contributed by atoms with Gasteiger partial charge in [0.2, 0.25) is 0 Å². The Kier molecular flexibility index (Phi) is 5.99. The van der Waals surface area contributed by atoms with Gasteiger partial charge in [-0.1, -0.05) is 0 Å². The van der Waals surface area contributed by atoms with Gasteiger partial charge in [0.15, 0.2) is 0 Å². The molecular weight excluding hydrogens is 387 g/mol. The molecule has 0 fully saturated rings. The maximum absolute atomic E-state index is 11.7. The first-order valence-electron chi connectivity index (χ1n) is 5.89. The van der Waals surface area contributed by atoms with Crippen molar-refractivity contribution in [3.8, 4) is 17.4 Å². The van der Waals surface area contributed by atoms with E-state index in [0.717, 1.165) is 0 Å². The Bertz CT molecular complexity index is 657. The Balaban J connectivity index is 2.67. The average Bonchev–Trinajstić information content (AvgIpc) is 2.59. The summed E-state index contributed by atoms with van der Waals surface area (Å²) in [4.78, 5) is 0. The van der Waals surface area contributed by atoms with Crippen LogP contribution < -0.4 is 4.74 Å². The van der Waals surface area contributed by atoms with Crippen LogP contribution in [0.5, 0.6) is 17.4 Å². The molecule has 0 aliphatic heterocycles. The van der Waals surface area contributed by atoms with E-state index >= 15 is 0 Å². The molecule has 1 heterocycles. The van der Waals surface area contributed by atoms with Crippen molar-refractivity contribution < 1.29 is 45.4 Å². The Labute approximate surface area is 128 Å². The van der Waals surface area contributed by atoms with E-state index in [9.17, 15) is 27.5 Å². The fourth-order valence-electron chi connectivity index (χ4n) is 1.37. The van der Waals surface area contributed by atoms with Crippen LogP contribution in [0, 0.1) is 0 Å². The molecular formula is C10H17AsO10S. The molecule has 1 atom stereocenters. The molecule has 22 heavy (non-hydrogen) atoms. The van der Waals surface area contributed by atoms with Gasteiger partial charge in [-0.2, -0.15) is 0 Å². The zero-order valence-electron chi connectivity index (χ0n) is 11.8. The number of aliphatic hydroxyl groups is 1. The second-order valence-corrected chi connectivity index (χ2v) is 13.3. The summed E-state index contributed by atoms with van der Waals surface area (Å²) in [7, 11) is -4.69. The van der Waals surface area contributed by atoms with Gasteiger partial charge in [-0.3, -0.25) is 0 Å². The monoisotopic (exact) mass is 404 g/mol. The van der Waals surface area contributed by atoms with Crippen LogP contribution >= 0.6 is 0 Å². The molecule has 0 bridgehead atoms. The van der Waals surface area contributed by atoms with Crippen molar-refractivity contribution >= 4 is 23.9 Å². The van der Waals surface area contributed by atoms with E-state index in [-0.39, 0.29) is 11.0 Å². The molecule has 1 aromatic rings. The van der Waals surface area contributed by atoms with Crippen LogP contribution in [-0.2, 0) is 23.5 Å². The van der Waals surface area contributed by atoms with E-state index in [4.69, 9.17) is 13.7 Å². The molecule has 0 aliphatic rings. The van der Waals surface area contributed by atoms with Crippen LogP contribution in [-0.4, -0.2) is 61.1 Å². The molecule has 4 N–H and O–H groups in total. The van der Waals surface area contributed by atoms with Crippen LogP contribution in [0.2, 0.25) is 11.4 Å². The molecule has 1 rings (SSSR count). The van der Waals surface area contributed by atoms with Gasteiger partial charge in [-0.15, -0.1) is 0 Å². The molecule has 0 saturated heterocycles. The second kappa shape index (κ2) is 6.96. The van der Waals surface area contributed by atoms with E-state index < -0.39 is 60.7 Å². The SMILES string of the molecule is C[As](C)(=O)Cc1oc(OCC(O)COS(=O)(=O)O)c(O)c1O. The average molecular weight is 404 g/mol. The third-order valence-electron chi connectivity index (χ3n) is 2.24. The van der Waals surface area contributed by atoms with Gasteiger partial charge in [0, 0.05) is 0 Å². The van der Waals surface area contributed by atoms with E-state index in [1.807, 2.05) is 0 Å². The number of rotatable bonds is 8. The Morgan fingerprint density at radius 2 is 1.82 bits per heavy atom. The normalized spacial score (nSPS) is 14.0. The molecule has 0 amide bonds. The molecule has 0 aliphatic carbocycles. The maximum atomic E-state index is 11.7. The zero-order chi connectivity index (χ0) is 17.1. The molecule has 0 saturated carbocycles. The molecule has 1 unspecified atom stereocenters. The summed E-state index contributed by atoms with van der Waals surface area (Å²) in [5.74, 6) is -1.95. The summed E-state index contributed by atoms with van der Waals surface area (Å²) in [5.41, 5.74) is 3.04. The summed E-state index contributed by atoms with van der Waals surface area (Å²) in [6.07, 6.45) is -1.45. The summed E-state index contributed by atoms with van der Waals surface area (Å²) in [6, 6.07) is 0. The van der Waals surface area contributed by atoms with Gasteiger partial charge in [0.1, 0.15) is 0 Å². The third kappa shape index (κ3) is 6.32. The molecule has 1 aromatic heterocycles. The molecule has 10 nitrogen and oxygen atoms in total. The Morgan fingerprint density at radius 3 is 2.32 bits per heavy atom. The van der Waals surface area contributed by atoms with Crippen molar-refractivity contribution in [2.45, 2.75) is 22.7 Å². The number of ether oxygens (including phenoxy) is 1. The van der Waals surface area contributed by atoms with E-state index in [1.165, 1.54) is 11.4 Å². The van der Waals surface area contributed by atoms with Crippen LogP contribution in [0.1, 0.15) is 5.76 Å². The molecule has 0 spiro atoms. The van der Waals surface area contributed by atoms with Crippen molar-refractivity contribution in [3.63, 3.8) is 0 Å². The van der Waals surface area contributed by atoms with Crippen molar-refractivity contribution in [2.75, 3.05) is 13.2 Å². The second-order valence-electron chi connectivity index (χ2n) is 4.92. The van der Waals surface area contributed by atoms with Gasteiger partial charge < -0.3 is 0 Å². The minimum absolute atomic E-state index is 0.0462. The fourth-order valence-corrected chi connectivity index (χ4v) is 3.60. The summed E-state index contributed by atoms with van der Waals surface area (Å²) in [5, 5.41) is 28.5. The number of furan rings is 1. The van der Waals surface area contributed by atoms with Gasteiger partial charge in [-0.25, -0.2) is 0 Å². The fraction of sp³-hybridized carbons (Fsp3) is 0.600. The molecule has 0 aromatic carbocycles. The molecule has 0 radical (unpaired) electrons. The van der Waals surface area contributed by atoms with Gasteiger partial charge in [0.25, 0.3) is 0 Å². The topological polar surface area (TPSA) is 164 Å². The number of hydrogen-bond acceptors (Lipinski definition) is 9. The number of aromatic hydroxyl groups is 2. The first kappa shape index (κ1) is 18.9. The number of aliphatic hydroxyl groups excluding tert-OH is 1. The predicted molar refractivity (Wildman–Crippen MR) is 72.9 cm³/mol. The van der Waals surface area contributed by atoms with Gasteiger partial charge in [0.05, 0.1) is 0 Å². The summed E-state index contributed by atoms with van der Waals surface area (Å²) in [6.45, 7) is -1.32. The summed E-state index contributed by atoms with van der Waals surface area (Å²) >= 11 is -3.18. The molecule has 128 valence electrons. The van der Waals surface area contributed by atoms with E-state index in [1.54, 1.807) is 0 Å². The summed E-state index contributed by atoms with van der Waals surface area (Å²) < 4.78 is 54.5. The van der Waals surface area contributed by atoms with Crippen LogP contribution in [0.4, 0.5) is 0 Å².